The van der Waals surface area contributed by atoms with Gasteiger partial charge in [-0.15, -0.1) is 0 Å². The van der Waals surface area contributed by atoms with Gasteiger partial charge in [0.1, 0.15) is 17.2 Å². The van der Waals surface area contributed by atoms with Gasteiger partial charge in [0.2, 0.25) is 11.7 Å². The fraction of sp³-hybridized carbons (Fsp3) is 0.250. The highest BCUT2D eigenvalue weighted by molar-refractivity contribution is 6.13. The van der Waals surface area contributed by atoms with E-state index in [9.17, 15) is 20.0 Å². The lowest BCUT2D eigenvalue weighted by atomic mass is 9.97. The lowest BCUT2D eigenvalue weighted by Gasteiger charge is -2.11. The summed E-state index contributed by atoms with van der Waals surface area (Å²) in [6.07, 6.45) is 0. The van der Waals surface area contributed by atoms with E-state index in [0.717, 1.165) is 21.1 Å². The van der Waals surface area contributed by atoms with Crippen molar-refractivity contribution in [2.24, 2.45) is 7.05 Å². The summed E-state index contributed by atoms with van der Waals surface area (Å²) < 4.78 is 6.69. The molecule has 2 aromatic heterocycles. The smallest absolute Gasteiger partial charge is 0.271 e. The Bertz CT molecular complexity index is 1190. The molecule has 0 radical (unpaired) electrons. The molecule has 6 nitrogen and oxygen atoms in total. The fourth-order valence-corrected chi connectivity index (χ4v) is 3.41. The summed E-state index contributed by atoms with van der Waals surface area (Å²) in [4.78, 5) is 25.2. The molecular weight excluding hydrogens is 332 g/mol. The first-order valence-electron chi connectivity index (χ1n) is 8.06. The number of aryl methyl sites for hydroxylation is 3. The van der Waals surface area contributed by atoms with Crippen molar-refractivity contribution < 1.29 is 14.3 Å². The summed E-state index contributed by atoms with van der Waals surface area (Å²) in [5.41, 5.74) is 2.47. The number of carbonyl (C=O) groups is 1. The van der Waals surface area contributed by atoms with E-state index in [1.807, 2.05) is 32.0 Å². The van der Waals surface area contributed by atoms with Crippen LogP contribution in [-0.4, -0.2) is 15.5 Å². The molecule has 0 unspecified atom stereocenters. The number of nitrogens with zero attached hydrogens (tertiary/aromatic N) is 2. The SMILES string of the molecule is Cc1cc(C)c2c(C)c(C(=O)c3c(C)c(C#N)c(=O)n(C)c3O)oc2c1. The van der Waals surface area contributed by atoms with Crippen LogP contribution >= 0.6 is 0 Å². The number of fused-ring (bicyclic) bond motifs is 1. The van der Waals surface area contributed by atoms with Gasteiger partial charge in [-0.25, -0.2) is 0 Å². The van der Waals surface area contributed by atoms with Crippen LogP contribution in [0.2, 0.25) is 0 Å². The molecule has 132 valence electrons. The number of ketones is 1. The van der Waals surface area contributed by atoms with Gasteiger partial charge in [0.15, 0.2) is 5.76 Å². The van der Waals surface area contributed by atoms with Crippen molar-refractivity contribution in [3.63, 3.8) is 0 Å². The average molecular weight is 350 g/mol. The molecule has 2 heterocycles. The molecule has 0 aliphatic carbocycles. The molecule has 0 atom stereocenters. The summed E-state index contributed by atoms with van der Waals surface area (Å²) in [6.45, 7) is 7.13. The van der Waals surface area contributed by atoms with Crippen molar-refractivity contribution >= 4 is 16.8 Å². The highest BCUT2D eigenvalue weighted by atomic mass is 16.3. The van der Waals surface area contributed by atoms with Crippen LogP contribution in [0, 0.1) is 39.0 Å². The van der Waals surface area contributed by atoms with Crippen molar-refractivity contribution in [2.75, 3.05) is 0 Å². The molecule has 0 aliphatic rings. The largest absolute Gasteiger partial charge is 0.494 e. The molecule has 1 aromatic carbocycles. The standard InChI is InChI=1S/C20H18N2O4/c1-9-6-10(2)15-12(4)18(26-14(15)7-9)17(23)16-11(3)13(8-21)19(24)22(5)20(16)25/h6-7,25H,1-5H3. The zero-order chi connectivity index (χ0) is 19.3. The number of furan rings is 1. The predicted molar refractivity (Wildman–Crippen MR) is 96.7 cm³/mol. The first-order valence-corrected chi connectivity index (χ1v) is 8.06. The second kappa shape index (κ2) is 5.88. The Hall–Kier alpha value is -3.33. The van der Waals surface area contributed by atoms with Gasteiger partial charge < -0.3 is 9.52 Å². The van der Waals surface area contributed by atoms with Crippen LogP contribution in [0.25, 0.3) is 11.0 Å². The van der Waals surface area contributed by atoms with Crippen LogP contribution in [0.4, 0.5) is 0 Å². The lowest BCUT2D eigenvalue weighted by molar-refractivity contribution is 0.101. The van der Waals surface area contributed by atoms with Gasteiger partial charge in [-0.3, -0.25) is 14.2 Å². The molecule has 0 aliphatic heterocycles. The Morgan fingerprint density at radius 2 is 1.85 bits per heavy atom. The number of hydrogen-bond donors (Lipinski definition) is 1. The van der Waals surface area contributed by atoms with Crippen LogP contribution in [0.3, 0.4) is 0 Å². The van der Waals surface area contributed by atoms with Gasteiger partial charge in [0, 0.05) is 18.0 Å². The van der Waals surface area contributed by atoms with Gasteiger partial charge in [-0.05, 0) is 50.5 Å². The van der Waals surface area contributed by atoms with Crippen molar-refractivity contribution in [2.45, 2.75) is 27.7 Å². The first kappa shape index (κ1) is 17.5. The number of aromatic nitrogens is 1. The van der Waals surface area contributed by atoms with E-state index in [4.69, 9.17) is 4.42 Å². The summed E-state index contributed by atoms with van der Waals surface area (Å²) in [5.74, 6) is -0.947. The second-order valence-corrected chi connectivity index (χ2v) is 6.51. The molecule has 3 aromatic rings. The molecule has 0 bridgehead atoms. The summed E-state index contributed by atoms with van der Waals surface area (Å²) in [6, 6.07) is 5.66. The zero-order valence-electron chi connectivity index (χ0n) is 15.2. The predicted octanol–water partition coefficient (Wildman–Crippen LogP) is 3.17. The lowest BCUT2D eigenvalue weighted by Crippen LogP contribution is -2.24. The number of benzene rings is 1. The summed E-state index contributed by atoms with van der Waals surface area (Å²) in [5, 5.41) is 20.5. The van der Waals surface area contributed by atoms with E-state index in [1.54, 1.807) is 6.92 Å². The molecule has 0 fully saturated rings. The zero-order valence-corrected chi connectivity index (χ0v) is 15.2. The molecular formula is C20H18N2O4. The van der Waals surface area contributed by atoms with Crippen LogP contribution in [-0.2, 0) is 7.05 Å². The van der Waals surface area contributed by atoms with E-state index in [-0.39, 0.29) is 22.5 Å². The van der Waals surface area contributed by atoms with Crippen molar-refractivity contribution in [1.29, 1.82) is 5.26 Å². The average Bonchev–Trinajstić information content (AvgIpc) is 2.90. The Balaban J connectivity index is 2.34. The third kappa shape index (κ3) is 2.32. The number of nitriles is 1. The number of rotatable bonds is 2. The van der Waals surface area contributed by atoms with Gasteiger partial charge >= 0.3 is 0 Å². The first-order chi connectivity index (χ1) is 12.2. The van der Waals surface area contributed by atoms with Gasteiger partial charge in [-0.1, -0.05) is 6.07 Å². The maximum atomic E-state index is 13.1. The van der Waals surface area contributed by atoms with E-state index in [0.29, 0.717) is 11.1 Å². The summed E-state index contributed by atoms with van der Waals surface area (Å²) >= 11 is 0. The van der Waals surface area contributed by atoms with Crippen molar-refractivity contribution in [1.82, 2.24) is 4.57 Å². The Labute approximate surface area is 149 Å². The van der Waals surface area contributed by atoms with E-state index < -0.39 is 17.2 Å². The van der Waals surface area contributed by atoms with Crippen LogP contribution < -0.4 is 5.56 Å². The molecule has 0 amide bonds. The molecule has 0 spiro atoms. The summed E-state index contributed by atoms with van der Waals surface area (Å²) in [7, 11) is 1.31. The van der Waals surface area contributed by atoms with Crippen molar-refractivity contribution in [3.8, 4) is 11.9 Å². The minimum atomic E-state index is -0.646. The number of carbonyl (C=O) groups excluding carboxylic acids is 1. The molecule has 1 N–H and O–H groups in total. The van der Waals surface area contributed by atoms with Crippen LogP contribution in [0.5, 0.6) is 5.88 Å². The minimum Gasteiger partial charge on any atom is -0.494 e. The van der Waals surface area contributed by atoms with Gasteiger partial charge in [-0.2, -0.15) is 5.26 Å². The second-order valence-electron chi connectivity index (χ2n) is 6.51. The third-order valence-electron chi connectivity index (χ3n) is 4.73. The number of hydrogen-bond acceptors (Lipinski definition) is 5. The number of aromatic hydroxyl groups is 1. The van der Waals surface area contributed by atoms with Crippen LogP contribution in [0.1, 0.15) is 43.9 Å². The van der Waals surface area contributed by atoms with E-state index in [1.165, 1.54) is 14.0 Å². The molecule has 26 heavy (non-hydrogen) atoms. The molecule has 0 saturated heterocycles. The maximum absolute atomic E-state index is 13.1. The Morgan fingerprint density at radius 3 is 2.46 bits per heavy atom. The number of pyridine rings is 1. The van der Waals surface area contributed by atoms with E-state index >= 15 is 0 Å². The van der Waals surface area contributed by atoms with Gasteiger partial charge in [0.25, 0.3) is 5.56 Å². The van der Waals surface area contributed by atoms with Gasteiger partial charge in [0.05, 0.1) is 5.56 Å². The fourth-order valence-electron chi connectivity index (χ4n) is 3.41. The topological polar surface area (TPSA) is 96.2 Å². The highest BCUT2D eigenvalue weighted by Crippen LogP contribution is 2.33. The Kier molecular flexibility index (Phi) is 3.96. The Morgan fingerprint density at radius 1 is 1.19 bits per heavy atom. The normalized spacial score (nSPS) is 10.9. The highest BCUT2D eigenvalue weighted by Gasteiger charge is 2.28. The van der Waals surface area contributed by atoms with E-state index in [2.05, 4.69) is 0 Å². The third-order valence-corrected chi connectivity index (χ3v) is 4.73. The minimum absolute atomic E-state index is 0.0923. The quantitative estimate of drug-likeness (QED) is 0.716. The van der Waals surface area contributed by atoms with Crippen LogP contribution in [0.15, 0.2) is 21.3 Å². The molecule has 6 heteroatoms. The molecule has 0 saturated carbocycles. The maximum Gasteiger partial charge on any atom is 0.271 e. The molecule has 3 rings (SSSR count). The monoisotopic (exact) mass is 350 g/mol. The van der Waals surface area contributed by atoms with Crippen molar-refractivity contribution in [3.05, 3.63) is 61.6 Å².